The summed E-state index contributed by atoms with van der Waals surface area (Å²) in [7, 11) is 0. The van der Waals surface area contributed by atoms with Crippen LogP contribution in [0.1, 0.15) is 158 Å². The molecule has 0 aliphatic heterocycles. The zero-order chi connectivity index (χ0) is 83.3. The average Bonchev–Trinajstić information content (AvgIpc) is 0.781. The molecule has 16 rings (SSSR count). The van der Waals surface area contributed by atoms with Crippen LogP contribution < -0.4 is 0 Å². The molecule has 8 nitrogen and oxygen atoms in total. The van der Waals surface area contributed by atoms with E-state index in [1.54, 1.807) is 0 Å². The van der Waals surface area contributed by atoms with Gasteiger partial charge in [0.2, 0.25) is 0 Å². The van der Waals surface area contributed by atoms with Crippen molar-refractivity contribution in [3.63, 3.8) is 0 Å². The number of aromatic nitrogens is 8. The predicted octanol–water partition coefficient (Wildman–Crippen LogP) is 28.6. The van der Waals surface area contributed by atoms with Crippen LogP contribution in [0.3, 0.4) is 0 Å². The summed E-state index contributed by atoms with van der Waals surface area (Å²) in [5.74, 6) is 2.55. The van der Waals surface area contributed by atoms with Gasteiger partial charge in [0.05, 0.1) is 11.4 Å². The fourth-order valence-corrected chi connectivity index (χ4v) is 14.2. The normalized spacial score (nSPS) is 11.7. The summed E-state index contributed by atoms with van der Waals surface area (Å²) in [6.07, 6.45) is 5.56. The van der Waals surface area contributed by atoms with Crippen LogP contribution in [0.25, 0.3) is 146 Å². The van der Waals surface area contributed by atoms with Crippen LogP contribution in [0.4, 0.5) is 0 Å². The molecule has 615 valence electrons. The van der Waals surface area contributed by atoms with Crippen molar-refractivity contribution in [3.05, 3.63) is 361 Å². The van der Waals surface area contributed by atoms with Crippen LogP contribution >= 0.6 is 0 Å². The van der Waals surface area contributed by atoms with Gasteiger partial charge in [0.1, 0.15) is 0 Å². The third-order valence-corrected chi connectivity index (χ3v) is 21.7. The van der Waals surface area contributed by atoms with E-state index in [-0.39, 0.29) is 92.8 Å². The maximum Gasteiger partial charge on any atom is 0.165 e. The van der Waals surface area contributed by atoms with E-state index in [1.165, 1.54) is 66.6 Å². The van der Waals surface area contributed by atoms with E-state index in [9.17, 15) is 0 Å². The molecule has 0 aliphatic carbocycles. The molecule has 5 aromatic heterocycles. The molecule has 121 heavy (non-hydrogen) atoms. The van der Waals surface area contributed by atoms with Gasteiger partial charge in [-0.25, -0.2) is 24.9 Å². The SMILES string of the molecule is CC(C)(C)c1ccc(-c2cc(-c3ccc(C(C)(C)C)cc3)cc(-c3cc[c-]c(-c4nccc5ccccc45)c3)c2)cc1.CC(C)(C)c1ccc(-c2cc(-c3ccc(C(C)(C)C)cc3)nc(-c3ccc(-c4[c-]cccc4)nc3)n2)cc1.CC(C)(C)c1ccc(-c2nc(-c3ccc(C(C)(C)C)cc3)nc(-c3ccc(-c4[c-]cccc4)nc3)n2)cc1.[Ir].[Ir].[Ir]. The molecule has 0 saturated heterocycles. The van der Waals surface area contributed by atoms with E-state index in [2.05, 4.69) is 360 Å². The van der Waals surface area contributed by atoms with E-state index < -0.39 is 0 Å². The van der Waals surface area contributed by atoms with Crippen molar-refractivity contribution in [1.82, 2.24) is 39.9 Å². The number of benzene rings is 11. The number of pyridine rings is 3. The van der Waals surface area contributed by atoms with Crippen molar-refractivity contribution in [2.45, 2.75) is 157 Å². The van der Waals surface area contributed by atoms with Crippen molar-refractivity contribution in [2.75, 3.05) is 0 Å². The van der Waals surface area contributed by atoms with Gasteiger partial charge in [-0.1, -0.05) is 319 Å². The van der Waals surface area contributed by atoms with Crippen molar-refractivity contribution < 1.29 is 60.3 Å². The van der Waals surface area contributed by atoms with Gasteiger partial charge in [-0.05, 0) is 152 Å². The first-order valence-corrected chi connectivity index (χ1v) is 40.9. The second-order valence-electron chi connectivity index (χ2n) is 36.8. The number of hydrogen-bond acceptors (Lipinski definition) is 8. The zero-order valence-electron chi connectivity index (χ0n) is 72.5. The molecule has 0 N–H and O–H groups in total. The van der Waals surface area contributed by atoms with Crippen LogP contribution in [0.15, 0.2) is 310 Å². The van der Waals surface area contributed by atoms with Gasteiger partial charge < -0.3 is 15.0 Å². The maximum absolute atomic E-state index is 4.99. The standard InChI is InChI=1S/C41H38N.C35H34N3.C34H33N4.3Ir/c1-40(2,3)36-18-14-28(15-19-36)33-25-34(29-16-20-37(21-17-29)41(4,5)6)27-35(26-33)31-11-9-12-32(24-31)39-38-13-8-7-10-30(38)22-23-42-39;1-34(2,3)28-17-12-25(13-18-28)31-22-32(26-14-19-29(20-15-26)35(4,5)6)38-33(37-31)27-16-21-30(36-23-27)24-10-8-7-9-11-24;1-33(2,3)27-17-12-24(13-18-27)30-36-31(25-14-19-28(20-15-25)34(4,5)6)38-32(37-30)26-16-21-29(35-22-26)23-10-8-7-9-11-23;;;/h7-11,13-27H,1-6H3;7-10,12-23H,1-6H3;7-10,12-22H,1-6H3;;;/q3*-1;;;. The predicted molar refractivity (Wildman–Crippen MR) is 493 cm³/mol. The summed E-state index contributed by atoms with van der Waals surface area (Å²) >= 11 is 0. The third-order valence-electron chi connectivity index (χ3n) is 21.7. The van der Waals surface area contributed by atoms with E-state index in [0.29, 0.717) is 23.3 Å². The second kappa shape index (κ2) is 38.1. The Balaban J connectivity index is 0.000000175. The smallest absolute Gasteiger partial charge is 0.165 e. The molecule has 0 fully saturated rings. The summed E-state index contributed by atoms with van der Waals surface area (Å²) in [5, 5.41) is 2.32. The molecule has 0 spiro atoms. The van der Waals surface area contributed by atoms with Crippen molar-refractivity contribution in [3.8, 4) is 135 Å². The first-order valence-electron chi connectivity index (χ1n) is 40.9. The summed E-state index contributed by atoms with van der Waals surface area (Å²) in [6, 6.07) is 112. The van der Waals surface area contributed by atoms with Crippen molar-refractivity contribution in [2.24, 2.45) is 0 Å². The van der Waals surface area contributed by atoms with Gasteiger partial charge >= 0.3 is 0 Å². The van der Waals surface area contributed by atoms with E-state index >= 15 is 0 Å². The van der Waals surface area contributed by atoms with Crippen LogP contribution in [0, 0.1) is 18.2 Å². The fraction of sp³-hybridized carbons (Fsp3) is 0.218. The Hall–Kier alpha value is -10.8. The minimum atomic E-state index is 0. The fourth-order valence-electron chi connectivity index (χ4n) is 14.2. The largest absolute Gasteiger partial charge is 0.304 e. The minimum Gasteiger partial charge on any atom is -0.304 e. The Morgan fingerprint density at radius 1 is 0.215 bits per heavy atom. The monoisotopic (exact) mass is 2120 g/mol. The van der Waals surface area contributed by atoms with Crippen molar-refractivity contribution >= 4 is 10.8 Å². The van der Waals surface area contributed by atoms with Gasteiger partial charge in [0.25, 0.3) is 0 Å². The zero-order valence-corrected chi connectivity index (χ0v) is 79.7. The molecule has 0 unspecified atom stereocenters. The maximum atomic E-state index is 4.99. The molecule has 0 amide bonds. The number of fused-ring (bicyclic) bond motifs is 1. The molecule has 0 aliphatic rings. The number of nitrogens with zero attached hydrogens (tertiary/aromatic N) is 8. The van der Waals surface area contributed by atoms with Gasteiger partial charge in [0.15, 0.2) is 23.3 Å². The van der Waals surface area contributed by atoms with Crippen LogP contribution in [0.2, 0.25) is 0 Å². The Morgan fingerprint density at radius 2 is 0.529 bits per heavy atom. The van der Waals surface area contributed by atoms with Crippen LogP contribution in [-0.4, -0.2) is 39.9 Å². The van der Waals surface area contributed by atoms with Crippen LogP contribution in [0.5, 0.6) is 0 Å². The van der Waals surface area contributed by atoms with E-state index in [4.69, 9.17) is 34.9 Å². The topological polar surface area (TPSA) is 103 Å². The molecular formula is C110H105Ir3N8-3. The summed E-state index contributed by atoms with van der Waals surface area (Å²) < 4.78 is 0. The molecule has 0 saturated carbocycles. The van der Waals surface area contributed by atoms with E-state index in [0.717, 1.165) is 89.5 Å². The van der Waals surface area contributed by atoms with E-state index in [1.807, 2.05) is 97.5 Å². The molecule has 16 aromatic rings. The Bertz CT molecular complexity index is 5660. The first kappa shape index (κ1) is 90.9. The molecule has 0 bridgehead atoms. The Morgan fingerprint density at radius 3 is 0.876 bits per heavy atom. The summed E-state index contributed by atoms with van der Waals surface area (Å²) in [5.41, 5.74) is 28.7. The molecular weight excluding hydrogens is 2010 g/mol. The first-order chi connectivity index (χ1) is 56.2. The quantitative estimate of drug-likeness (QED) is 0.111. The van der Waals surface area contributed by atoms with Gasteiger partial charge in [-0.2, -0.15) is 0 Å². The minimum absolute atomic E-state index is 0. The van der Waals surface area contributed by atoms with Gasteiger partial charge in [-0.3, -0.25) is 0 Å². The molecule has 11 aromatic carbocycles. The number of hydrogen-bond donors (Lipinski definition) is 0. The second-order valence-corrected chi connectivity index (χ2v) is 36.8. The van der Waals surface area contributed by atoms with Gasteiger partial charge in [-0.15, -0.1) is 107 Å². The Labute approximate surface area is 758 Å². The molecule has 0 atom stereocenters. The summed E-state index contributed by atoms with van der Waals surface area (Å²) in [4.78, 5) is 38.8. The third kappa shape index (κ3) is 22.5. The van der Waals surface area contributed by atoms with Gasteiger partial charge in [0, 0.05) is 112 Å². The molecule has 5 heterocycles. The molecule has 3 radical (unpaired) electrons. The van der Waals surface area contributed by atoms with Crippen molar-refractivity contribution in [1.29, 1.82) is 0 Å². The molecule has 11 heteroatoms. The number of rotatable bonds is 12. The average molecular weight is 2120 g/mol. The summed E-state index contributed by atoms with van der Waals surface area (Å²) in [6.45, 7) is 40.2. The Kier molecular flexibility index (Phi) is 28.6. The van der Waals surface area contributed by atoms with Crippen LogP contribution in [-0.2, 0) is 92.8 Å².